The van der Waals surface area contributed by atoms with Gasteiger partial charge in [-0.1, -0.05) is 30.3 Å². The Balaban J connectivity index is 2.74. The van der Waals surface area contributed by atoms with E-state index in [1.807, 2.05) is 0 Å². The lowest BCUT2D eigenvalue weighted by Gasteiger charge is -2.21. The minimum atomic E-state index is -1.25. The monoisotopic (exact) mass is 634 g/mol. The number of amides is 7. The lowest BCUT2D eigenvalue weighted by Crippen LogP contribution is -2.54. The summed E-state index contributed by atoms with van der Waals surface area (Å²) in [5.74, 6) is -6.23. The average Bonchev–Trinajstić information content (AvgIpc) is 2.99. The Morgan fingerprint density at radius 2 is 1.20 bits per heavy atom. The molecule has 1 aromatic rings. The van der Waals surface area contributed by atoms with Crippen molar-refractivity contribution in [3.8, 4) is 0 Å². The molecule has 0 radical (unpaired) electrons. The van der Waals surface area contributed by atoms with Crippen LogP contribution in [0.15, 0.2) is 30.3 Å². The number of hydrogen-bond acceptors (Lipinski definition) is 9. The molecule has 7 amide bonds. The van der Waals surface area contributed by atoms with Gasteiger partial charge in [0.05, 0.1) is 19.6 Å². The van der Waals surface area contributed by atoms with E-state index in [0.717, 1.165) is 0 Å². The van der Waals surface area contributed by atoms with E-state index < -0.39 is 85.1 Å². The molecule has 11 N–H and O–H groups in total. The molecule has 0 aliphatic heterocycles. The molecule has 0 fully saturated rings. The summed E-state index contributed by atoms with van der Waals surface area (Å²) in [5.41, 5.74) is 11.3. The van der Waals surface area contributed by atoms with Gasteiger partial charge in [0.1, 0.15) is 18.1 Å². The number of hydrogen-bond donors (Lipinski definition) is 9. The van der Waals surface area contributed by atoms with Crippen molar-refractivity contribution in [3.05, 3.63) is 35.9 Å². The van der Waals surface area contributed by atoms with E-state index in [1.54, 1.807) is 30.3 Å². The van der Waals surface area contributed by atoms with Gasteiger partial charge in [-0.3, -0.25) is 33.6 Å². The number of carboxylic acid groups (broad SMARTS) is 1. The summed E-state index contributed by atoms with van der Waals surface area (Å²) >= 11 is 0. The molecule has 0 spiro atoms. The van der Waals surface area contributed by atoms with Gasteiger partial charge in [-0.2, -0.15) is 0 Å². The molecule has 45 heavy (non-hydrogen) atoms. The Kier molecular flexibility index (Phi) is 17.5. The zero-order valence-electron chi connectivity index (χ0n) is 25.1. The van der Waals surface area contributed by atoms with Crippen LogP contribution in [0.3, 0.4) is 0 Å². The lowest BCUT2D eigenvalue weighted by atomic mass is 10.1. The predicted molar refractivity (Wildman–Crippen MR) is 160 cm³/mol. The van der Waals surface area contributed by atoms with Crippen LogP contribution in [0.25, 0.3) is 0 Å². The van der Waals surface area contributed by atoms with Gasteiger partial charge in [-0.15, -0.1) is 0 Å². The number of carbonyl (C=O) groups is 8. The molecular weight excluding hydrogens is 592 g/mol. The number of unbranched alkanes of at least 4 members (excludes halogenated alkanes) is 1. The lowest BCUT2D eigenvalue weighted by molar-refractivity contribution is -0.141. The van der Waals surface area contributed by atoms with Crippen molar-refractivity contribution >= 4 is 47.3 Å². The van der Waals surface area contributed by atoms with Crippen molar-refractivity contribution in [2.75, 3.05) is 26.2 Å². The number of nitrogens with one attached hydrogen (secondary N) is 6. The fourth-order valence-corrected chi connectivity index (χ4v) is 3.89. The second kappa shape index (κ2) is 20.8. The van der Waals surface area contributed by atoms with E-state index in [2.05, 4.69) is 31.9 Å². The van der Waals surface area contributed by atoms with Crippen molar-refractivity contribution in [2.45, 2.75) is 63.6 Å². The second-order valence-electron chi connectivity index (χ2n) is 10.0. The minimum Gasteiger partial charge on any atom is -0.480 e. The van der Waals surface area contributed by atoms with Gasteiger partial charge in [0.25, 0.3) is 0 Å². The van der Waals surface area contributed by atoms with E-state index in [-0.39, 0.29) is 25.7 Å². The topological polar surface area (TPSA) is 281 Å². The van der Waals surface area contributed by atoms with Crippen LogP contribution in [0.4, 0.5) is 0 Å². The highest BCUT2D eigenvalue weighted by molar-refractivity contribution is 5.94. The first-order valence-corrected chi connectivity index (χ1v) is 14.2. The smallest absolute Gasteiger partial charge is 0.326 e. The highest BCUT2D eigenvalue weighted by Crippen LogP contribution is 2.04. The Bertz CT molecular complexity index is 1200. The maximum Gasteiger partial charge on any atom is 0.326 e. The molecule has 248 valence electrons. The second-order valence-corrected chi connectivity index (χ2v) is 10.0. The van der Waals surface area contributed by atoms with E-state index in [9.17, 15) is 43.5 Å². The van der Waals surface area contributed by atoms with Crippen molar-refractivity contribution in [3.63, 3.8) is 0 Å². The highest BCUT2D eigenvalue weighted by Gasteiger charge is 2.25. The van der Waals surface area contributed by atoms with Crippen LogP contribution in [0.2, 0.25) is 0 Å². The molecule has 0 aliphatic carbocycles. The molecule has 3 atom stereocenters. The Hall–Kier alpha value is -5.06. The first-order valence-electron chi connectivity index (χ1n) is 14.2. The number of benzene rings is 1. The average molecular weight is 635 g/mol. The fourth-order valence-electron chi connectivity index (χ4n) is 3.89. The van der Waals surface area contributed by atoms with Crippen molar-refractivity contribution in [1.82, 2.24) is 31.9 Å². The quantitative estimate of drug-likeness (QED) is 0.0602. The zero-order valence-corrected chi connectivity index (χ0v) is 25.1. The molecule has 0 bridgehead atoms. The molecular formula is C28H42N8O9. The number of rotatable bonds is 21. The third kappa shape index (κ3) is 17.0. The summed E-state index contributed by atoms with van der Waals surface area (Å²) in [6, 6.07) is 5.07. The van der Waals surface area contributed by atoms with Crippen LogP contribution in [0, 0.1) is 0 Å². The summed E-state index contributed by atoms with van der Waals surface area (Å²) in [6.07, 6.45) is 0.742. The van der Waals surface area contributed by atoms with E-state index in [1.165, 1.54) is 6.92 Å². The van der Waals surface area contributed by atoms with Gasteiger partial charge >= 0.3 is 5.97 Å². The summed E-state index contributed by atoms with van der Waals surface area (Å²) in [7, 11) is 0. The van der Waals surface area contributed by atoms with E-state index >= 15 is 0 Å². The van der Waals surface area contributed by atoms with Gasteiger partial charge in [0.2, 0.25) is 41.4 Å². The third-order valence-electron chi connectivity index (χ3n) is 6.19. The third-order valence-corrected chi connectivity index (χ3v) is 6.19. The fraction of sp³-hybridized carbons (Fsp3) is 0.500. The van der Waals surface area contributed by atoms with Crippen molar-refractivity contribution < 1.29 is 43.5 Å². The molecule has 2 unspecified atom stereocenters. The molecule has 17 heteroatoms. The molecule has 1 aromatic carbocycles. The molecule has 0 saturated heterocycles. The van der Waals surface area contributed by atoms with Gasteiger partial charge in [0, 0.05) is 19.8 Å². The maximum absolute atomic E-state index is 12.9. The normalized spacial score (nSPS) is 12.4. The maximum atomic E-state index is 12.9. The Morgan fingerprint density at radius 1 is 0.711 bits per heavy atom. The van der Waals surface area contributed by atoms with Crippen LogP contribution in [-0.2, 0) is 44.8 Å². The number of nitrogens with two attached hydrogens (primary N) is 2. The molecule has 1 rings (SSSR count). The van der Waals surface area contributed by atoms with Gasteiger partial charge < -0.3 is 48.5 Å². The SMILES string of the molecule is CC(=O)NCC(=O)NC(CCC(N)=O)C(=O)NCC(=O)N[C@@H](CCCCN)C(=O)NCC(=O)NC(Cc1ccccc1)C(=O)O. The van der Waals surface area contributed by atoms with E-state index in [0.29, 0.717) is 24.9 Å². The summed E-state index contributed by atoms with van der Waals surface area (Å²) in [5, 5.41) is 23.6. The van der Waals surface area contributed by atoms with Gasteiger partial charge in [-0.05, 0) is 37.8 Å². The number of carbonyl (C=O) groups excluding carboxylic acids is 7. The summed E-state index contributed by atoms with van der Waals surface area (Å²) < 4.78 is 0. The predicted octanol–water partition coefficient (Wildman–Crippen LogP) is -3.47. The van der Waals surface area contributed by atoms with Crippen molar-refractivity contribution in [1.29, 1.82) is 0 Å². The first-order chi connectivity index (χ1) is 21.3. The van der Waals surface area contributed by atoms with Crippen molar-refractivity contribution in [2.24, 2.45) is 11.5 Å². The van der Waals surface area contributed by atoms with Crippen LogP contribution in [0.5, 0.6) is 0 Å². The minimum absolute atomic E-state index is 0.0295. The van der Waals surface area contributed by atoms with Crippen LogP contribution in [0.1, 0.15) is 44.6 Å². The standard InChI is InChI=1S/C28H42N8O9/c1-17(37)31-14-23(39)35-20(10-11-22(30)38)27(43)33-15-24(40)34-19(9-5-6-12-29)26(42)32-16-25(41)36-21(28(44)45)13-18-7-3-2-4-8-18/h2-4,7-8,19-21H,5-6,9-16,29H2,1H3,(H2,30,38)(H,31,37)(H,32,42)(H,33,43)(H,34,40)(H,35,39)(H,36,41)(H,44,45)/t19-,20?,21?/m0/s1. The summed E-state index contributed by atoms with van der Waals surface area (Å²) in [6.45, 7) is -0.0498. The van der Waals surface area contributed by atoms with Gasteiger partial charge in [-0.25, -0.2) is 4.79 Å². The van der Waals surface area contributed by atoms with Gasteiger partial charge in [0.15, 0.2) is 0 Å². The van der Waals surface area contributed by atoms with Crippen LogP contribution in [-0.4, -0.2) is 96.7 Å². The number of carboxylic acids is 1. The largest absolute Gasteiger partial charge is 0.480 e. The Labute approximate surface area is 260 Å². The summed E-state index contributed by atoms with van der Waals surface area (Å²) in [4.78, 5) is 96.5. The Morgan fingerprint density at radius 3 is 1.67 bits per heavy atom. The molecule has 0 aromatic heterocycles. The molecule has 0 aliphatic rings. The van der Waals surface area contributed by atoms with E-state index in [4.69, 9.17) is 11.5 Å². The molecule has 0 saturated carbocycles. The molecule has 17 nitrogen and oxygen atoms in total. The van der Waals surface area contributed by atoms with Crippen LogP contribution >= 0.6 is 0 Å². The highest BCUT2D eigenvalue weighted by atomic mass is 16.4. The zero-order chi connectivity index (χ0) is 33.8. The first kappa shape index (κ1) is 38.0. The number of primary amides is 1. The van der Waals surface area contributed by atoms with Crippen LogP contribution < -0.4 is 43.4 Å². The number of aliphatic carboxylic acids is 1. The molecule has 0 heterocycles.